The molecular weight excluding hydrogens is 498 g/mol. The third-order valence-corrected chi connectivity index (χ3v) is 8.29. The van der Waals surface area contributed by atoms with Crippen LogP contribution in [0.2, 0.25) is 9.97 Å². The van der Waals surface area contributed by atoms with Crippen LogP contribution in [0.4, 0.5) is 4.39 Å². The Morgan fingerprint density at radius 3 is 2.56 bits per heavy atom. The first-order chi connectivity index (χ1) is 15.7. The van der Waals surface area contributed by atoms with Crippen LogP contribution in [-0.4, -0.2) is 53.4 Å². The molecular formula is C23H20ClFN4O2Se. The van der Waals surface area contributed by atoms with Gasteiger partial charge in [-0.15, -0.1) is 0 Å². The Labute approximate surface area is 195 Å². The topological polar surface area (TPSA) is 62.1 Å². The van der Waals surface area contributed by atoms with E-state index in [0.717, 1.165) is 10.0 Å². The van der Waals surface area contributed by atoms with Gasteiger partial charge in [-0.05, 0) is 0 Å². The van der Waals surface area contributed by atoms with Gasteiger partial charge in [-0.1, -0.05) is 0 Å². The Balaban J connectivity index is 1.40. The third-order valence-electron chi connectivity index (χ3n) is 5.27. The molecule has 0 bridgehead atoms. The molecule has 4 atom stereocenters. The SMILES string of the molecule is F[C@H]1[C@@H]([Se]c2ccccc2)[C@@H](n2cnc3ncnc(Cl)c32)O[C@@H]1COCc1ccccc1. The minimum absolute atomic E-state index is 0.158. The summed E-state index contributed by atoms with van der Waals surface area (Å²) in [6.07, 6.45) is 0.492. The van der Waals surface area contributed by atoms with Crippen LogP contribution >= 0.6 is 11.6 Å². The molecule has 0 amide bonds. The summed E-state index contributed by atoms with van der Waals surface area (Å²) in [6.45, 7) is 0.561. The van der Waals surface area contributed by atoms with Gasteiger partial charge in [0, 0.05) is 0 Å². The summed E-state index contributed by atoms with van der Waals surface area (Å²) < 4.78 is 30.6. The number of alkyl halides is 1. The van der Waals surface area contributed by atoms with E-state index < -0.39 is 18.5 Å². The fourth-order valence-electron chi connectivity index (χ4n) is 3.73. The Morgan fingerprint density at radius 2 is 1.78 bits per heavy atom. The molecule has 3 heterocycles. The van der Waals surface area contributed by atoms with Gasteiger partial charge in [0.1, 0.15) is 0 Å². The molecule has 1 saturated heterocycles. The number of aromatic nitrogens is 4. The molecule has 2 aromatic heterocycles. The van der Waals surface area contributed by atoms with E-state index in [-0.39, 0.29) is 31.5 Å². The van der Waals surface area contributed by atoms with E-state index in [4.69, 9.17) is 21.1 Å². The van der Waals surface area contributed by atoms with E-state index in [1.165, 1.54) is 6.33 Å². The van der Waals surface area contributed by atoms with Gasteiger partial charge in [-0.3, -0.25) is 0 Å². The van der Waals surface area contributed by atoms with E-state index in [1.807, 2.05) is 60.7 Å². The van der Waals surface area contributed by atoms with Crippen LogP contribution < -0.4 is 4.46 Å². The summed E-state index contributed by atoms with van der Waals surface area (Å²) in [7, 11) is 0. The van der Waals surface area contributed by atoms with Gasteiger partial charge >= 0.3 is 196 Å². The molecule has 0 spiro atoms. The molecule has 1 aliphatic rings. The number of nitrogens with zero attached hydrogens (tertiary/aromatic N) is 4. The molecule has 164 valence electrons. The van der Waals surface area contributed by atoms with Crippen molar-refractivity contribution in [2.75, 3.05) is 6.61 Å². The molecule has 5 rings (SSSR count). The van der Waals surface area contributed by atoms with Gasteiger partial charge in [0.15, 0.2) is 0 Å². The summed E-state index contributed by atoms with van der Waals surface area (Å²) in [5.74, 6) is 0. The summed E-state index contributed by atoms with van der Waals surface area (Å²) in [5.41, 5.74) is 2.04. The molecule has 0 saturated carbocycles. The van der Waals surface area contributed by atoms with Crippen molar-refractivity contribution in [3.8, 4) is 0 Å². The Kier molecular flexibility index (Phi) is 6.48. The zero-order valence-corrected chi connectivity index (χ0v) is 19.4. The van der Waals surface area contributed by atoms with Crippen molar-refractivity contribution < 1.29 is 13.9 Å². The van der Waals surface area contributed by atoms with E-state index in [0.29, 0.717) is 17.8 Å². The number of hydrogen-bond donors (Lipinski definition) is 0. The molecule has 1 fully saturated rings. The van der Waals surface area contributed by atoms with Gasteiger partial charge in [0.25, 0.3) is 0 Å². The van der Waals surface area contributed by atoms with E-state index in [9.17, 15) is 0 Å². The average Bonchev–Trinajstić information content (AvgIpc) is 3.38. The van der Waals surface area contributed by atoms with Crippen LogP contribution in [0.25, 0.3) is 11.2 Å². The van der Waals surface area contributed by atoms with Crippen molar-refractivity contribution in [1.82, 2.24) is 19.5 Å². The van der Waals surface area contributed by atoms with Crippen molar-refractivity contribution in [3.05, 3.63) is 84.0 Å². The molecule has 2 aromatic carbocycles. The zero-order valence-electron chi connectivity index (χ0n) is 16.9. The normalized spacial score (nSPS) is 23.1. The molecule has 4 aromatic rings. The molecule has 32 heavy (non-hydrogen) atoms. The van der Waals surface area contributed by atoms with Gasteiger partial charge in [-0.2, -0.15) is 0 Å². The minimum atomic E-state index is -1.20. The number of fused-ring (bicyclic) bond motifs is 1. The Bertz CT molecular complexity index is 1180. The van der Waals surface area contributed by atoms with Crippen molar-refractivity contribution >= 4 is 42.2 Å². The predicted octanol–water partition coefficient (Wildman–Crippen LogP) is 3.75. The van der Waals surface area contributed by atoms with Gasteiger partial charge in [-0.25, -0.2) is 0 Å². The van der Waals surface area contributed by atoms with Crippen LogP contribution in [0.15, 0.2) is 73.3 Å². The van der Waals surface area contributed by atoms with Crippen LogP contribution in [0.5, 0.6) is 0 Å². The second-order valence-corrected chi connectivity index (χ2v) is 10.4. The third kappa shape index (κ3) is 4.42. The second kappa shape index (κ2) is 9.65. The van der Waals surface area contributed by atoms with E-state index in [1.54, 1.807) is 10.9 Å². The first-order valence-electron chi connectivity index (χ1n) is 10.2. The Hall–Kier alpha value is -2.35. The van der Waals surface area contributed by atoms with Gasteiger partial charge < -0.3 is 0 Å². The molecule has 1 aliphatic heterocycles. The summed E-state index contributed by atoms with van der Waals surface area (Å²) >= 11 is 6.15. The number of halogens is 2. The fraction of sp³-hybridized carbons (Fsp3) is 0.261. The van der Waals surface area contributed by atoms with Crippen LogP contribution in [-0.2, 0) is 16.1 Å². The molecule has 0 N–H and O–H groups in total. The number of rotatable bonds is 7. The fourth-order valence-corrected chi connectivity index (χ4v) is 6.57. The molecule has 0 unspecified atom stereocenters. The van der Waals surface area contributed by atoms with Crippen LogP contribution in [0, 0.1) is 0 Å². The summed E-state index contributed by atoms with van der Waals surface area (Å²) in [4.78, 5) is 12.2. The Morgan fingerprint density at radius 1 is 1.03 bits per heavy atom. The van der Waals surface area contributed by atoms with Crippen LogP contribution in [0.3, 0.4) is 0 Å². The van der Waals surface area contributed by atoms with Crippen molar-refractivity contribution in [2.45, 2.75) is 29.9 Å². The predicted molar refractivity (Wildman–Crippen MR) is 121 cm³/mol. The van der Waals surface area contributed by atoms with Gasteiger partial charge in [0.05, 0.1) is 0 Å². The molecule has 0 aliphatic carbocycles. The van der Waals surface area contributed by atoms with Crippen molar-refractivity contribution in [2.24, 2.45) is 0 Å². The van der Waals surface area contributed by atoms with E-state index in [2.05, 4.69) is 15.0 Å². The average molecular weight is 518 g/mol. The second-order valence-electron chi connectivity index (χ2n) is 7.39. The zero-order chi connectivity index (χ0) is 21.9. The summed E-state index contributed by atoms with van der Waals surface area (Å²) in [5, 5.41) is 0.265. The number of ether oxygens (including phenoxy) is 2. The number of benzene rings is 2. The summed E-state index contributed by atoms with van der Waals surface area (Å²) in [6, 6.07) is 19.7. The number of hydrogen-bond acceptors (Lipinski definition) is 5. The standard InChI is InChI=1S/C23H20ClFN4O2Se/c24-21-19-22(27-13-26-21)28-14-29(19)23-20(32-16-9-5-2-6-10-16)18(25)17(31-23)12-30-11-15-7-3-1-4-8-15/h1-10,13-14,17-18,20,23H,11-12H2/t17-,18-,20-,23+/m1/s1. The quantitative estimate of drug-likeness (QED) is 0.276. The maximum atomic E-state index is 15.7. The number of imidazole rings is 1. The first kappa shape index (κ1) is 21.5. The van der Waals surface area contributed by atoms with E-state index >= 15 is 4.39 Å². The van der Waals surface area contributed by atoms with Crippen LogP contribution in [0.1, 0.15) is 11.8 Å². The molecule has 6 nitrogen and oxygen atoms in total. The molecule has 0 radical (unpaired) electrons. The first-order valence-corrected chi connectivity index (χ1v) is 12.4. The van der Waals surface area contributed by atoms with Gasteiger partial charge in [0.2, 0.25) is 0 Å². The van der Waals surface area contributed by atoms with Crippen molar-refractivity contribution in [3.63, 3.8) is 0 Å². The monoisotopic (exact) mass is 518 g/mol. The van der Waals surface area contributed by atoms with Crippen molar-refractivity contribution in [1.29, 1.82) is 0 Å². The molecule has 9 heteroatoms. The maximum absolute atomic E-state index is 15.7.